The van der Waals surface area contributed by atoms with Gasteiger partial charge in [-0.15, -0.1) is 0 Å². The third kappa shape index (κ3) is 4.06. The summed E-state index contributed by atoms with van der Waals surface area (Å²) in [6, 6.07) is 10.1. The quantitative estimate of drug-likeness (QED) is 0.821. The molecule has 0 saturated carbocycles. The topological polar surface area (TPSA) is 46.3 Å². The van der Waals surface area contributed by atoms with Crippen LogP contribution in [0.3, 0.4) is 0 Å². The second kappa shape index (κ2) is 7.95. The molecule has 1 amide bonds. The van der Waals surface area contributed by atoms with Crippen LogP contribution in [-0.2, 0) is 4.79 Å². The lowest BCUT2D eigenvalue weighted by Crippen LogP contribution is -2.40. The lowest BCUT2D eigenvalue weighted by atomic mass is 9.84. The Hall–Kier alpha value is -1.35. The van der Waals surface area contributed by atoms with E-state index in [1.165, 1.54) is 0 Å². The highest BCUT2D eigenvalue weighted by Gasteiger charge is 2.28. The van der Waals surface area contributed by atoms with Crippen LogP contribution >= 0.6 is 0 Å². The first-order valence-corrected chi connectivity index (χ1v) is 7.19. The van der Waals surface area contributed by atoms with Gasteiger partial charge in [0.25, 0.3) is 0 Å². The lowest BCUT2D eigenvalue weighted by Gasteiger charge is -2.29. The summed E-state index contributed by atoms with van der Waals surface area (Å²) in [7, 11) is 0. The van der Waals surface area contributed by atoms with Gasteiger partial charge in [0.2, 0.25) is 5.91 Å². The Morgan fingerprint density at radius 2 is 1.89 bits per heavy atom. The summed E-state index contributed by atoms with van der Waals surface area (Å²) < 4.78 is 0. The van der Waals surface area contributed by atoms with Gasteiger partial charge in [-0.2, -0.15) is 0 Å². The van der Waals surface area contributed by atoms with Crippen LogP contribution in [0.25, 0.3) is 0 Å². The van der Waals surface area contributed by atoms with E-state index in [1.54, 1.807) is 0 Å². The maximum absolute atomic E-state index is 12.7. The summed E-state index contributed by atoms with van der Waals surface area (Å²) in [6.07, 6.45) is 0.992. The van der Waals surface area contributed by atoms with Crippen molar-refractivity contribution in [3.63, 3.8) is 0 Å². The molecule has 0 bridgehead atoms. The van der Waals surface area contributed by atoms with E-state index in [9.17, 15) is 4.79 Å². The molecular weight excluding hydrogens is 236 g/mol. The molecule has 2 atom stereocenters. The van der Waals surface area contributed by atoms with Crippen molar-refractivity contribution in [3.8, 4) is 0 Å². The van der Waals surface area contributed by atoms with Crippen molar-refractivity contribution in [2.24, 2.45) is 11.7 Å². The number of nitrogens with zero attached hydrogens (tertiary/aromatic N) is 1. The number of carbonyl (C=O) groups excluding carboxylic acids is 1. The van der Waals surface area contributed by atoms with Crippen molar-refractivity contribution in [2.45, 2.75) is 33.1 Å². The average Bonchev–Trinajstić information content (AvgIpc) is 2.45. The van der Waals surface area contributed by atoms with E-state index in [2.05, 4.69) is 13.8 Å². The number of nitrogens with two attached hydrogens (primary N) is 1. The zero-order chi connectivity index (χ0) is 14.3. The summed E-state index contributed by atoms with van der Waals surface area (Å²) in [6.45, 7) is 8.15. The van der Waals surface area contributed by atoms with Crippen LogP contribution in [0.2, 0.25) is 0 Å². The number of amides is 1. The largest absolute Gasteiger partial charge is 0.341 e. The molecular formula is C16H26N2O. The number of benzene rings is 1. The van der Waals surface area contributed by atoms with Gasteiger partial charge in [0.15, 0.2) is 0 Å². The van der Waals surface area contributed by atoms with Gasteiger partial charge < -0.3 is 10.6 Å². The fraction of sp³-hybridized carbons (Fsp3) is 0.562. The third-order valence-electron chi connectivity index (χ3n) is 3.73. The minimum atomic E-state index is -0.0577. The van der Waals surface area contributed by atoms with Crippen LogP contribution in [0.4, 0.5) is 0 Å². The van der Waals surface area contributed by atoms with Gasteiger partial charge in [-0.25, -0.2) is 0 Å². The molecule has 106 valence electrons. The van der Waals surface area contributed by atoms with Crippen molar-refractivity contribution >= 4 is 5.91 Å². The van der Waals surface area contributed by atoms with E-state index in [4.69, 9.17) is 5.73 Å². The normalized spacial score (nSPS) is 13.9. The van der Waals surface area contributed by atoms with E-state index < -0.39 is 0 Å². The molecule has 0 aliphatic heterocycles. The maximum Gasteiger partial charge on any atom is 0.230 e. The molecule has 1 aromatic carbocycles. The smallest absolute Gasteiger partial charge is 0.230 e. The van der Waals surface area contributed by atoms with Crippen molar-refractivity contribution in [1.82, 2.24) is 4.90 Å². The van der Waals surface area contributed by atoms with E-state index >= 15 is 0 Å². The Labute approximate surface area is 116 Å². The fourth-order valence-corrected chi connectivity index (χ4v) is 2.39. The van der Waals surface area contributed by atoms with Gasteiger partial charge in [-0.3, -0.25) is 4.79 Å². The van der Waals surface area contributed by atoms with Gasteiger partial charge in [0.05, 0.1) is 5.92 Å². The molecule has 0 aliphatic carbocycles. The molecule has 3 nitrogen and oxygen atoms in total. The Morgan fingerprint density at radius 1 is 1.26 bits per heavy atom. The molecule has 0 spiro atoms. The molecule has 0 aliphatic rings. The number of hydrogen-bond donors (Lipinski definition) is 1. The van der Waals surface area contributed by atoms with Gasteiger partial charge in [-0.1, -0.05) is 50.6 Å². The maximum atomic E-state index is 12.7. The summed E-state index contributed by atoms with van der Waals surface area (Å²) in [4.78, 5) is 14.6. The van der Waals surface area contributed by atoms with Crippen molar-refractivity contribution in [2.75, 3.05) is 19.6 Å². The standard InChI is InChI=1S/C16H26N2O/c1-4-13(3)15(14-9-7-6-8-10-14)16(19)18(5-2)12-11-17/h6-10,13,15H,4-5,11-12,17H2,1-3H3. The third-order valence-corrected chi connectivity index (χ3v) is 3.73. The summed E-state index contributed by atoms with van der Waals surface area (Å²) in [5.74, 6) is 0.480. The molecule has 0 saturated heterocycles. The molecule has 19 heavy (non-hydrogen) atoms. The van der Waals surface area contributed by atoms with Gasteiger partial charge >= 0.3 is 0 Å². The van der Waals surface area contributed by atoms with Gasteiger partial charge in [0.1, 0.15) is 0 Å². The average molecular weight is 262 g/mol. The molecule has 0 fully saturated rings. The van der Waals surface area contributed by atoms with Gasteiger partial charge in [0, 0.05) is 19.6 Å². The molecule has 3 heteroatoms. The first kappa shape index (κ1) is 15.7. The lowest BCUT2D eigenvalue weighted by molar-refractivity contribution is -0.133. The fourth-order valence-electron chi connectivity index (χ4n) is 2.39. The molecule has 1 rings (SSSR count). The number of carbonyl (C=O) groups is 1. The van der Waals surface area contributed by atoms with Crippen LogP contribution in [0.5, 0.6) is 0 Å². The van der Waals surface area contributed by atoms with Gasteiger partial charge in [-0.05, 0) is 18.4 Å². The predicted octanol–water partition coefficient (Wildman–Crippen LogP) is 2.62. The highest BCUT2D eigenvalue weighted by molar-refractivity contribution is 5.84. The Kier molecular flexibility index (Phi) is 6.57. The molecule has 1 aromatic rings. The summed E-state index contributed by atoms with van der Waals surface area (Å²) in [5, 5.41) is 0. The monoisotopic (exact) mass is 262 g/mol. The molecule has 0 heterocycles. The molecule has 0 aromatic heterocycles. The van der Waals surface area contributed by atoms with Crippen LogP contribution in [-0.4, -0.2) is 30.4 Å². The van der Waals surface area contributed by atoms with E-state index in [0.29, 0.717) is 19.0 Å². The Bertz CT molecular complexity index is 378. The highest BCUT2D eigenvalue weighted by atomic mass is 16.2. The van der Waals surface area contributed by atoms with E-state index in [-0.39, 0.29) is 11.8 Å². The van der Waals surface area contributed by atoms with Crippen molar-refractivity contribution in [1.29, 1.82) is 0 Å². The summed E-state index contributed by atoms with van der Waals surface area (Å²) in [5.41, 5.74) is 6.70. The van der Waals surface area contributed by atoms with Crippen LogP contribution in [0, 0.1) is 5.92 Å². The van der Waals surface area contributed by atoms with Crippen molar-refractivity contribution < 1.29 is 4.79 Å². The molecule has 2 unspecified atom stereocenters. The predicted molar refractivity (Wildman–Crippen MR) is 79.9 cm³/mol. The van der Waals surface area contributed by atoms with Crippen molar-refractivity contribution in [3.05, 3.63) is 35.9 Å². The molecule has 2 N–H and O–H groups in total. The van der Waals surface area contributed by atoms with E-state index in [1.807, 2.05) is 42.2 Å². The van der Waals surface area contributed by atoms with Crippen LogP contribution in [0.15, 0.2) is 30.3 Å². The SMILES string of the molecule is CCC(C)C(C(=O)N(CC)CCN)c1ccccc1. The minimum Gasteiger partial charge on any atom is -0.341 e. The zero-order valence-corrected chi connectivity index (χ0v) is 12.3. The highest BCUT2D eigenvalue weighted by Crippen LogP contribution is 2.28. The Morgan fingerprint density at radius 3 is 2.37 bits per heavy atom. The molecule has 0 radical (unpaired) electrons. The second-order valence-electron chi connectivity index (χ2n) is 4.98. The Balaban J connectivity index is 3.00. The number of likely N-dealkylation sites (N-methyl/N-ethyl adjacent to an activating group) is 1. The van der Waals surface area contributed by atoms with Crippen LogP contribution < -0.4 is 5.73 Å². The second-order valence-corrected chi connectivity index (χ2v) is 4.98. The first-order valence-electron chi connectivity index (χ1n) is 7.19. The van der Waals surface area contributed by atoms with E-state index in [0.717, 1.165) is 18.5 Å². The minimum absolute atomic E-state index is 0.0577. The van der Waals surface area contributed by atoms with Crippen LogP contribution in [0.1, 0.15) is 38.7 Å². The first-order chi connectivity index (χ1) is 9.15. The zero-order valence-electron chi connectivity index (χ0n) is 12.3. The number of hydrogen-bond acceptors (Lipinski definition) is 2. The summed E-state index contributed by atoms with van der Waals surface area (Å²) >= 11 is 0. The number of rotatable bonds is 7.